The number of rotatable bonds is 0. The minimum Gasteiger partial charge on any atom is -0.285 e. The fraction of sp³-hybridized carbons (Fsp3) is 0.500. The van der Waals surface area contributed by atoms with E-state index in [0.717, 1.165) is 6.54 Å². The smallest absolute Gasteiger partial charge is 0.0649 e. The van der Waals surface area contributed by atoms with Crippen molar-refractivity contribution in [2.45, 2.75) is 46.6 Å². The Kier molecular flexibility index (Phi) is 2.22. The third-order valence-corrected chi connectivity index (χ3v) is 3.13. The van der Waals surface area contributed by atoms with E-state index >= 15 is 0 Å². The molecule has 0 unspecified atom stereocenters. The average molecular weight is 201 g/mol. The quantitative estimate of drug-likeness (QED) is 0.608. The van der Waals surface area contributed by atoms with E-state index < -0.39 is 0 Å². The van der Waals surface area contributed by atoms with Crippen LogP contribution in [0.5, 0.6) is 0 Å². The van der Waals surface area contributed by atoms with Crippen molar-refractivity contribution in [3.05, 3.63) is 34.4 Å². The van der Waals surface area contributed by atoms with Crippen LogP contribution in [0, 0.1) is 6.92 Å². The maximum Gasteiger partial charge on any atom is 0.0649 e. The average Bonchev–Trinajstić information content (AvgIpc) is 2.46. The second kappa shape index (κ2) is 3.19. The predicted molar refractivity (Wildman–Crippen MR) is 65.8 cm³/mol. The summed E-state index contributed by atoms with van der Waals surface area (Å²) in [6, 6.07) is 4.63. The molecule has 0 aromatic heterocycles. The van der Waals surface area contributed by atoms with Gasteiger partial charge in [-0.3, -0.25) is 4.99 Å². The van der Waals surface area contributed by atoms with E-state index in [2.05, 4.69) is 51.7 Å². The summed E-state index contributed by atoms with van der Waals surface area (Å²) in [6.07, 6.45) is 0. The Hall–Kier alpha value is -1.11. The van der Waals surface area contributed by atoms with E-state index in [4.69, 9.17) is 0 Å². The molecule has 1 heterocycles. The molecule has 15 heavy (non-hydrogen) atoms. The Morgan fingerprint density at radius 3 is 2.40 bits per heavy atom. The summed E-state index contributed by atoms with van der Waals surface area (Å²) in [5.41, 5.74) is 7.00. The van der Waals surface area contributed by atoms with Gasteiger partial charge in [0, 0.05) is 11.3 Å². The van der Waals surface area contributed by atoms with E-state index in [9.17, 15) is 0 Å². The second-order valence-corrected chi connectivity index (χ2v) is 5.48. The van der Waals surface area contributed by atoms with Gasteiger partial charge in [-0.25, -0.2) is 0 Å². The molecular formula is C14H19N. The Morgan fingerprint density at radius 2 is 1.80 bits per heavy atom. The van der Waals surface area contributed by atoms with Crippen LogP contribution in [0.4, 0.5) is 0 Å². The Bertz CT molecular complexity index is 433. The van der Waals surface area contributed by atoms with Gasteiger partial charge in [-0.05, 0) is 36.0 Å². The summed E-state index contributed by atoms with van der Waals surface area (Å²) < 4.78 is 0. The minimum atomic E-state index is 0.232. The van der Waals surface area contributed by atoms with Crippen LogP contribution in [-0.4, -0.2) is 5.71 Å². The van der Waals surface area contributed by atoms with E-state index in [0.29, 0.717) is 0 Å². The predicted octanol–water partition coefficient (Wildman–Crippen LogP) is 3.62. The first-order valence-corrected chi connectivity index (χ1v) is 5.55. The number of hydrogen-bond acceptors (Lipinski definition) is 1. The molecule has 1 heteroatoms. The van der Waals surface area contributed by atoms with Crippen LogP contribution in [0.3, 0.4) is 0 Å². The molecule has 2 rings (SSSR count). The molecule has 0 bridgehead atoms. The Morgan fingerprint density at radius 1 is 1.13 bits per heavy atom. The molecule has 0 saturated carbocycles. The molecule has 1 aromatic carbocycles. The number of benzene rings is 1. The molecule has 0 spiro atoms. The van der Waals surface area contributed by atoms with Gasteiger partial charge in [0.1, 0.15) is 0 Å². The zero-order valence-corrected chi connectivity index (χ0v) is 10.3. The van der Waals surface area contributed by atoms with Crippen molar-refractivity contribution in [3.63, 3.8) is 0 Å². The van der Waals surface area contributed by atoms with Gasteiger partial charge in [0.25, 0.3) is 0 Å². The molecule has 0 saturated heterocycles. The molecule has 1 aromatic rings. The normalized spacial score (nSPS) is 15.1. The van der Waals surface area contributed by atoms with E-state index in [1.165, 1.54) is 28.0 Å². The molecule has 1 aliphatic heterocycles. The fourth-order valence-electron chi connectivity index (χ4n) is 2.22. The van der Waals surface area contributed by atoms with Crippen LogP contribution in [0.2, 0.25) is 0 Å². The number of aryl methyl sites for hydroxylation is 1. The van der Waals surface area contributed by atoms with Crippen molar-refractivity contribution in [1.29, 1.82) is 0 Å². The number of aliphatic imine (C=N–C) groups is 1. The first-order chi connectivity index (χ1) is 6.89. The van der Waals surface area contributed by atoms with Gasteiger partial charge in [-0.15, -0.1) is 0 Å². The van der Waals surface area contributed by atoms with Crippen LogP contribution in [0.15, 0.2) is 17.1 Å². The van der Waals surface area contributed by atoms with Gasteiger partial charge in [-0.2, -0.15) is 0 Å². The molecule has 0 atom stereocenters. The third-order valence-electron chi connectivity index (χ3n) is 3.13. The van der Waals surface area contributed by atoms with Crippen molar-refractivity contribution in [2.75, 3.05) is 0 Å². The number of hydrogen-bond donors (Lipinski definition) is 0. The van der Waals surface area contributed by atoms with Crippen LogP contribution in [0.1, 0.15) is 49.9 Å². The maximum atomic E-state index is 4.50. The van der Waals surface area contributed by atoms with E-state index in [1.807, 2.05) is 0 Å². The van der Waals surface area contributed by atoms with Crippen molar-refractivity contribution in [3.8, 4) is 0 Å². The van der Waals surface area contributed by atoms with Crippen molar-refractivity contribution in [2.24, 2.45) is 4.99 Å². The lowest BCUT2D eigenvalue weighted by Gasteiger charge is -2.21. The largest absolute Gasteiger partial charge is 0.285 e. The highest BCUT2D eigenvalue weighted by Crippen LogP contribution is 2.30. The lowest BCUT2D eigenvalue weighted by molar-refractivity contribution is 0.589. The van der Waals surface area contributed by atoms with E-state index in [1.54, 1.807) is 0 Å². The highest BCUT2D eigenvalue weighted by atomic mass is 14.8. The SMILES string of the molecule is CC1=NCc2cc(C(C)(C)C)cc(C)c21. The second-order valence-electron chi connectivity index (χ2n) is 5.48. The van der Waals surface area contributed by atoms with Gasteiger partial charge in [0.15, 0.2) is 0 Å². The molecule has 1 aliphatic rings. The highest BCUT2D eigenvalue weighted by molar-refractivity contribution is 6.03. The maximum absolute atomic E-state index is 4.50. The zero-order chi connectivity index (χ0) is 11.2. The third kappa shape index (κ3) is 1.71. The van der Waals surface area contributed by atoms with Crippen molar-refractivity contribution < 1.29 is 0 Å². The molecule has 80 valence electrons. The zero-order valence-electron chi connectivity index (χ0n) is 10.3. The molecule has 0 aliphatic carbocycles. The van der Waals surface area contributed by atoms with Gasteiger partial charge in [0.05, 0.1) is 6.54 Å². The summed E-state index contributed by atoms with van der Waals surface area (Å²) in [4.78, 5) is 4.50. The van der Waals surface area contributed by atoms with Crippen molar-refractivity contribution >= 4 is 5.71 Å². The Labute approximate surface area is 92.2 Å². The standard InChI is InChI=1S/C14H19N/c1-9-6-12(14(3,4)5)7-11-8-15-10(2)13(9)11/h6-7H,8H2,1-5H3. The summed E-state index contributed by atoms with van der Waals surface area (Å²) in [5.74, 6) is 0. The van der Waals surface area contributed by atoms with Crippen LogP contribution < -0.4 is 0 Å². The van der Waals surface area contributed by atoms with Crippen molar-refractivity contribution in [1.82, 2.24) is 0 Å². The molecule has 0 N–H and O–H groups in total. The molecule has 0 amide bonds. The number of fused-ring (bicyclic) bond motifs is 1. The molecule has 1 nitrogen and oxygen atoms in total. The van der Waals surface area contributed by atoms with Crippen LogP contribution in [-0.2, 0) is 12.0 Å². The summed E-state index contributed by atoms with van der Waals surface area (Å²) >= 11 is 0. The van der Waals surface area contributed by atoms with Gasteiger partial charge in [-0.1, -0.05) is 32.9 Å². The van der Waals surface area contributed by atoms with Crippen LogP contribution >= 0.6 is 0 Å². The monoisotopic (exact) mass is 201 g/mol. The Balaban J connectivity index is 2.57. The van der Waals surface area contributed by atoms with Gasteiger partial charge >= 0.3 is 0 Å². The summed E-state index contributed by atoms with van der Waals surface area (Å²) in [7, 11) is 0. The molecule has 0 radical (unpaired) electrons. The van der Waals surface area contributed by atoms with Gasteiger partial charge in [0.2, 0.25) is 0 Å². The summed E-state index contributed by atoms with van der Waals surface area (Å²) in [5, 5.41) is 0. The van der Waals surface area contributed by atoms with Gasteiger partial charge < -0.3 is 0 Å². The first kappa shape index (κ1) is 10.4. The number of nitrogens with zero attached hydrogens (tertiary/aromatic N) is 1. The molecule has 0 fully saturated rings. The topological polar surface area (TPSA) is 12.4 Å². The summed E-state index contributed by atoms with van der Waals surface area (Å²) in [6.45, 7) is 11.9. The molecular weight excluding hydrogens is 182 g/mol. The lowest BCUT2D eigenvalue weighted by Crippen LogP contribution is -2.12. The minimum absolute atomic E-state index is 0.232. The highest BCUT2D eigenvalue weighted by Gasteiger charge is 2.20. The van der Waals surface area contributed by atoms with E-state index in [-0.39, 0.29) is 5.41 Å². The first-order valence-electron chi connectivity index (χ1n) is 5.55. The van der Waals surface area contributed by atoms with Crippen LogP contribution in [0.25, 0.3) is 0 Å². The lowest BCUT2D eigenvalue weighted by atomic mass is 9.83. The fourth-order valence-corrected chi connectivity index (χ4v) is 2.22.